The van der Waals surface area contributed by atoms with Gasteiger partial charge in [-0.15, -0.1) is 0 Å². The number of hydrogen-bond donors (Lipinski definition) is 1. The number of fused-ring (bicyclic) bond motifs is 1. The number of rotatable bonds is 5. The fourth-order valence-electron chi connectivity index (χ4n) is 3.48. The van der Waals surface area contributed by atoms with Gasteiger partial charge in [-0.2, -0.15) is 0 Å². The van der Waals surface area contributed by atoms with Crippen LogP contribution in [-0.4, -0.2) is 48.6 Å². The van der Waals surface area contributed by atoms with Gasteiger partial charge in [-0.05, 0) is 44.0 Å². The van der Waals surface area contributed by atoms with E-state index in [4.69, 9.17) is 0 Å². The quantitative estimate of drug-likeness (QED) is 0.842. The second-order valence-corrected chi connectivity index (χ2v) is 6.33. The van der Waals surface area contributed by atoms with Crippen LogP contribution in [-0.2, 0) is 6.54 Å². The summed E-state index contributed by atoms with van der Waals surface area (Å²) in [6.07, 6.45) is 7.34. The number of anilines is 1. The van der Waals surface area contributed by atoms with Gasteiger partial charge in [0.2, 0.25) is 0 Å². The molecule has 0 radical (unpaired) electrons. The second kappa shape index (κ2) is 7.23. The zero-order valence-corrected chi connectivity index (χ0v) is 13.2. The topological polar surface area (TPSA) is 31.4 Å². The Morgan fingerprint density at radius 2 is 2.19 bits per heavy atom. The van der Waals surface area contributed by atoms with E-state index in [-0.39, 0.29) is 0 Å². The molecule has 116 valence electrons. The summed E-state index contributed by atoms with van der Waals surface area (Å²) < 4.78 is 0. The first-order valence-electron chi connectivity index (χ1n) is 8.51. The van der Waals surface area contributed by atoms with Gasteiger partial charge in [0.1, 0.15) is 5.82 Å². The summed E-state index contributed by atoms with van der Waals surface area (Å²) in [5.74, 6) is 1.15. The van der Waals surface area contributed by atoms with Crippen LogP contribution in [0.15, 0.2) is 18.3 Å². The minimum atomic E-state index is 0.750. The van der Waals surface area contributed by atoms with Crippen molar-refractivity contribution in [2.45, 2.75) is 45.2 Å². The van der Waals surface area contributed by atoms with Crippen LogP contribution in [0.4, 0.5) is 5.82 Å². The highest BCUT2D eigenvalue weighted by molar-refractivity contribution is 5.40. The highest BCUT2D eigenvalue weighted by Gasteiger charge is 2.29. The van der Waals surface area contributed by atoms with Crippen LogP contribution in [0.1, 0.15) is 38.2 Å². The van der Waals surface area contributed by atoms with Crippen molar-refractivity contribution >= 4 is 5.82 Å². The first-order chi connectivity index (χ1) is 10.4. The number of pyridine rings is 1. The van der Waals surface area contributed by atoms with Crippen molar-refractivity contribution in [1.82, 2.24) is 15.2 Å². The van der Waals surface area contributed by atoms with Crippen molar-refractivity contribution in [3.8, 4) is 0 Å². The van der Waals surface area contributed by atoms with Gasteiger partial charge in [0, 0.05) is 38.4 Å². The smallest absolute Gasteiger partial charge is 0.128 e. The molecule has 0 aromatic carbocycles. The number of nitrogens with one attached hydrogen (secondary N) is 1. The molecule has 1 unspecified atom stereocenters. The number of aromatic nitrogens is 1. The van der Waals surface area contributed by atoms with Gasteiger partial charge in [0.05, 0.1) is 0 Å². The van der Waals surface area contributed by atoms with Gasteiger partial charge in [-0.25, -0.2) is 4.98 Å². The van der Waals surface area contributed by atoms with E-state index >= 15 is 0 Å². The largest absolute Gasteiger partial charge is 0.354 e. The third-order valence-corrected chi connectivity index (χ3v) is 4.73. The average molecular weight is 288 g/mol. The second-order valence-electron chi connectivity index (χ2n) is 6.33. The van der Waals surface area contributed by atoms with Crippen molar-refractivity contribution in [3.05, 3.63) is 23.9 Å². The van der Waals surface area contributed by atoms with Gasteiger partial charge in [-0.3, -0.25) is 4.90 Å². The molecule has 1 atom stereocenters. The minimum Gasteiger partial charge on any atom is -0.354 e. The Kier molecular flexibility index (Phi) is 5.09. The minimum absolute atomic E-state index is 0.750. The molecule has 2 aliphatic heterocycles. The number of piperazine rings is 1. The molecule has 4 nitrogen and oxygen atoms in total. The van der Waals surface area contributed by atoms with E-state index < -0.39 is 0 Å². The lowest BCUT2D eigenvalue weighted by atomic mass is 9.99. The van der Waals surface area contributed by atoms with Gasteiger partial charge >= 0.3 is 0 Å². The van der Waals surface area contributed by atoms with E-state index in [0.717, 1.165) is 38.0 Å². The Bertz CT molecular complexity index is 431. The summed E-state index contributed by atoms with van der Waals surface area (Å²) in [6.45, 7) is 8.97. The SMILES string of the molecule is CCCNCc1ccc(N2CCN3CCCCC3C2)nc1. The number of hydrogen-bond acceptors (Lipinski definition) is 4. The van der Waals surface area contributed by atoms with Crippen LogP contribution in [0.3, 0.4) is 0 Å². The molecule has 3 heterocycles. The first-order valence-corrected chi connectivity index (χ1v) is 8.51. The van der Waals surface area contributed by atoms with Gasteiger partial charge in [-0.1, -0.05) is 19.4 Å². The molecule has 1 aromatic rings. The Hall–Kier alpha value is -1.13. The molecular formula is C17H28N4. The molecule has 2 aliphatic rings. The highest BCUT2D eigenvalue weighted by Crippen LogP contribution is 2.23. The molecule has 0 amide bonds. The van der Waals surface area contributed by atoms with E-state index in [1.54, 1.807) is 0 Å². The fourth-order valence-corrected chi connectivity index (χ4v) is 3.48. The van der Waals surface area contributed by atoms with Crippen LogP contribution in [0.5, 0.6) is 0 Å². The lowest BCUT2D eigenvalue weighted by molar-refractivity contribution is 0.133. The molecule has 21 heavy (non-hydrogen) atoms. The van der Waals surface area contributed by atoms with Crippen LogP contribution in [0.2, 0.25) is 0 Å². The Morgan fingerprint density at radius 1 is 1.24 bits per heavy atom. The summed E-state index contributed by atoms with van der Waals surface area (Å²) in [5.41, 5.74) is 1.28. The Labute approximate surface area is 128 Å². The molecule has 0 saturated carbocycles. The monoisotopic (exact) mass is 288 g/mol. The number of nitrogens with zero attached hydrogens (tertiary/aromatic N) is 3. The van der Waals surface area contributed by atoms with Crippen LogP contribution in [0.25, 0.3) is 0 Å². The third-order valence-electron chi connectivity index (χ3n) is 4.73. The summed E-state index contributed by atoms with van der Waals surface area (Å²) in [7, 11) is 0. The highest BCUT2D eigenvalue weighted by atomic mass is 15.3. The maximum absolute atomic E-state index is 4.69. The molecule has 1 N–H and O–H groups in total. The van der Waals surface area contributed by atoms with Crippen LogP contribution < -0.4 is 10.2 Å². The van der Waals surface area contributed by atoms with Gasteiger partial charge in [0.25, 0.3) is 0 Å². The van der Waals surface area contributed by atoms with Crippen molar-refractivity contribution in [2.24, 2.45) is 0 Å². The van der Waals surface area contributed by atoms with Gasteiger partial charge < -0.3 is 10.2 Å². The zero-order chi connectivity index (χ0) is 14.5. The molecular weight excluding hydrogens is 260 g/mol. The molecule has 2 fully saturated rings. The molecule has 0 spiro atoms. The average Bonchev–Trinajstić information content (AvgIpc) is 2.55. The van der Waals surface area contributed by atoms with E-state index in [9.17, 15) is 0 Å². The zero-order valence-electron chi connectivity index (χ0n) is 13.2. The van der Waals surface area contributed by atoms with Crippen LogP contribution in [0, 0.1) is 0 Å². The summed E-state index contributed by atoms with van der Waals surface area (Å²) in [4.78, 5) is 9.82. The van der Waals surface area contributed by atoms with Crippen molar-refractivity contribution < 1.29 is 0 Å². The summed E-state index contributed by atoms with van der Waals surface area (Å²) >= 11 is 0. The Morgan fingerprint density at radius 3 is 3.00 bits per heavy atom. The third kappa shape index (κ3) is 3.74. The summed E-state index contributed by atoms with van der Waals surface area (Å²) in [5, 5.41) is 3.43. The summed E-state index contributed by atoms with van der Waals surface area (Å²) in [6, 6.07) is 5.17. The van der Waals surface area contributed by atoms with E-state index in [2.05, 4.69) is 39.2 Å². The van der Waals surface area contributed by atoms with Gasteiger partial charge in [0.15, 0.2) is 0 Å². The first kappa shape index (κ1) is 14.8. The lowest BCUT2D eigenvalue weighted by Crippen LogP contribution is -2.55. The Balaban J connectivity index is 1.56. The fraction of sp³-hybridized carbons (Fsp3) is 0.706. The van der Waals surface area contributed by atoms with Crippen molar-refractivity contribution in [3.63, 3.8) is 0 Å². The molecule has 4 heteroatoms. The molecule has 0 bridgehead atoms. The van der Waals surface area contributed by atoms with Crippen molar-refractivity contribution in [1.29, 1.82) is 0 Å². The standard InChI is InChI=1S/C17H28N4/c1-2-8-18-12-15-6-7-17(19-13-15)21-11-10-20-9-4-3-5-16(20)14-21/h6-7,13,16,18H,2-5,8-12,14H2,1H3. The molecule has 0 aliphatic carbocycles. The van der Waals surface area contributed by atoms with Crippen molar-refractivity contribution in [2.75, 3.05) is 37.6 Å². The van der Waals surface area contributed by atoms with E-state index in [0.29, 0.717) is 0 Å². The van der Waals surface area contributed by atoms with Crippen LogP contribution >= 0.6 is 0 Å². The lowest BCUT2D eigenvalue weighted by Gasteiger charge is -2.44. The molecule has 3 rings (SSSR count). The predicted molar refractivity (Wildman–Crippen MR) is 87.7 cm³/mol. The maximum Gasteiger partial charge on any atom is 0.128 e. The molecule has 1 aromatic heterocycles. The maximum atomic E-state index is 4.69. The predicted octanol–water partition coefficient (Wildman–Crippen LogP) is 2.26. The van der Waals surface area contributed by atoms with E-state index in [1.165, 1.54) is 44.3 Å². The van der Waals surface area contributed by atoms with E-state index in [1.807, 2.05) is 6.20 Å². The molecule has 2 saturated heterocycles. The number of piperidine rings is 1. The normalized spacial score (nSPS) is 23.1.